The van der Waals surface area contributed by atoms with E-state index in [0.29, 0.717) is 32.5 Å². The summed E-state index contributed by atoms with van der Waals surface area (Å²) < 4.78 is 0. The maximum absolute atomic E-state index is 12.5. The van der Waals surface area contributed by atoms with Crippen LogP contribution in [0.15, 0.2) is 0 Å². The van der Waals surface area contributed by atoms with Crippen LogP contribution in [0.5, 0.6) is 0 Å². The molecule has 2 fully saturated rings. The lowest BCUT2D eigenvalue weighted by Gasteiger charge is -2.42. The lowest BCUT2D eigenvalue weighted by molar-refractivity contribution is -0.152. The molecule has 3 N–H and O–H groups in total. The number of aliphatic carboxylic acids is 1. The third-order valence-corrected chi connectivity index (χ3v) is 4.71. The van der Waals surface area contributed by atoms with Crippen molar-refractivity contribution >= 4 is 12.0 Å². The van der Waals surface area contributed by atoms with Gasteiger partial charge in [-0.05, 0) is 32.1 Å². The highest BCUT2D eigenvalue weighted by Crippen LogP contribution is 2.34. The van der Waals surface area contributed by atoms with Crippen molar-refractivity contribution < 1.29 is 14.7 Å². The zero-order valence-electron chi connectivity index (χ0n) is 12.2. The van der Waals surface area contributed by atoms with E-state index in [2.05, 4.69) is 0 Å². The molecule has 0 bridgehead atoms. The predicted molar refractivity (Wildman–Crippen MR) is 75.3 cm³/mol. The molecular formula is C14H25N3O3. The summed E-state index contributed by atoms with van der Waals surface area (Å²) >= 11 is 0. The maximum Gasteiger partial charge on any atom is 0.320 e. The number of carbonyl (C=O) groups is 2. The molecule has 2 unspecified atom stereocenters. The van der Waals surface area contributed by atoms with E-state index in [1.807, 2.05) is 6.92 Å². The van der Waals surface area contributed by atoms with Crippen LogP contribution in [0.2, 0.25) is 0 Å². The Morgan fingerprint density at radius 2 is 2.00 bits per heavy atom. The van der Waals surface area contributed by atoms with Crippen molar-refractivity contribution in [1.29, 1.82) is 0 Å². The Bertz CT molecular complexity index is 388. The SMILES string of the molecule is CCC1(C(=O)O)CCCN(C(=O)N2CCCC(N)C2)C1. The van der Waals surface area contributed by atoms with Gasteiger partial charge in [-0.15, -0.1) is 0 Å². The van der Waals surface area contributed by atoms with Gasteiger partial charge in [-0.25, -0.2) is 4.79 Å². The molecule has 2 heterocycles. The molecule has 0 aliphatic carbocycles. The Labute approximate surface area is 119 Å². The molecule has 0 aromatic carbocycles. The number of hydrogen-bond acceptors (Lipinski definition) is 3. The fourth-order valence-electron chi connectivity index (χ4n) is 3.29. The summed E-state index contributed by atoms with van der Waals surface area (Å²) in [4.78, 5) is 27.5. The van der Waals surface area contributed by atoms with Gasteiger partial charge in [0.1, 0.15) is 0 Å². The van der Waals surface area contributed by atoms with E-state index in [1.165, 1.54) is 0 Å². The molecule has 6 heteroatoms. The maximum atomic E-state index is 12.5. The van der Waals surface area contributed by atoms with Crippen LogP contribution < -0.4 is 5.73 Å². The van der Waals surface area contributed by atoms with Crippen LogP contribution in [-0.2, 0) is 4.79 Å². The number of urea groups is 1. The van der Waals surface area contributed by atoms with Gasteiger partial charge in [0.05, 0.1) is 5.41 Å². The molecule has 6 nitrogen and oxygen atoms in total. The number of carboxylic acids is 1. The molecule has 2 saturated heterocycles. The molecule has 0 aromatic heterocycles. The molecule has 2 atom stereocenters. The second-order valence-electron chi connectivity index (χ2n) is 6.10. The van der Waals surface area contributed by atoms with Crippen molar-refractivity contribution in [3.63, 3.8) is 0 Å². The zero-order valence-corrected chi connectivity index (χ0v) is 12.2. The summed E-state index contributed by atoms with van der Waals surface area (Å²) in [5.41, 5.74) is 5.14. The average Bonchev–Trinajstić information content (AvgIpc) is 2.46. The number of nitrogens with two attached hydrogens (primary N) is 1. The van der Waals surface area contributed by atoms with E-state index in [1.54, 1.807) is 9.80 Å². The van der Waals surface area contributed by atoms with E-state index in [4.69, 9.17) is 5.73 Å². The summed E-state index contributed by atoms with van der Waals surface area (Å²) in [5.74, 6) is -0.784. The van der Waals surface area contributed by atoms with Crippen LogP contribution >= 0.6 is 0 Å². The molecule has 2 aliphatic heterocycles. The van der Waals surface area contributed by atoms with E-state index in [0.717, 1.165) is 25.8 Å². The van der Waals surface area contributed by atoms with Crippen molar-refractivity contribution in [2.24, 2.45) is 11.1 Å². The van der Waals surface area contributed by atoms with Crippen LogP contribution in [0.4, 0.5) is 4.79 Å². The number of carboxylic acid groups (broad SMARTS) is 1. The fourth-order valence-corrected chi connectivity index (χ4v) is 3.29. The van der Waals surface area contributed by atoms with Gasteiger partial charge in [-0.2, -0.15) is 0 Å². The summed E-state index contributed by atoms with van der Waals surface area (Å²) in [7, 11) is 0. The van der Waals surface area contributed by atoms with E-state index in [9.17, 15) is 14.7 Å². The third kappa shape index (κ3) is 2.90. The van der Waals surface area contributed by atoms with E-state index in [-0.39, 0.29) is 12.1 Å². The van der Waals surface area contributed by atoms with E-state index >= 15 is 0 Å². The highest BCUT2D eigenvalue weighted by atomic mass is 16.4. The summed E-state index contributed by atoms with van der Waals surface area (Å²) in [5, 5.41) is 9.47. The smallest absolute Gasteiger partial charge is 0.320 e. The number of likely N-dealkylation sites (tertiary alicyclic amines) is 2. The molecule has 114 valence electrons. The average molecular weight is 283 g/mol. The molecule has 2 amide bonds. The normalized spacial score (nSPS) is 31.2. The Kier molecular flexibility index (Phi) is 4.52. The van der Waals surface area contributed by atoms with Crippen molar-refractivity contribution in [2.45, 2.75) is 45.1 Å². The molecular weight excluding hydrogens is 258 g/mol. The van der Waals surface area contributed by atoms with Gasteiger partial charge >= 0.3 is 12.0 Å². The van der Waals surface area contributed by atoms with Gasteiger partial charge in [-0.1, -0.05) is 6.92 Å². The summed E-state index contributed by atoms with van der Waals surface area (Å²) in [6.45, 7) is 4.18. The first-order valence-electron chi connectivity index (χ1n) is 7.51. The number of carbonyl (C=O) groups excluding carboxylic acids is 1. The molecule has 2 aliphatic rings. The number of piperidine rings is 2. The van der Waals surface area contributed by atoms with Crippen LogP contribution in [0.3, 0.4) is 0 Å². The molecule has 2 rings (SSSR count). The van der Waals surface area contributed by atoms with Gasteiger partial charge in [0.2, 0.25) is 0 Å². The number of amides is 2. The second kappa shape index (κ2) is 5.99. The first kappa shape index (κ1) is 15.1. The van der Waals surface area contributed by atoms with Crippen LogP contribution in [0, 0.1) is 5.41 Å². The largest absolute Gasteiger partial charge is 0.481 e. The monoisotopic (exact) mass is 283 g/mol. The summed E-state index contributed by atoms with van der Waals surface area (Å²) in [6, 6.07) is 0.00632. The fraction of sp³-hybridized carbons (Fsp3) is 0.857. The first-order chi connectivity index (χ1) is 9.48. The Balaban J connectivity index is 2.04. The lowest BCUT2D eigenvalue weighted by Crippen LogP contribution is -2.56. The highest BCUT2D eigenvalue weighted by molar-refractivity contribution is 5.79. The van der Waals surface area contributed by atoms with Gasteiger partial charge in [0, 0.05) is 32.2 Å². The molecule has 0 radical (unpaired) electrons. The molecule has 20 heavy (non-hydrogen) atoms. The highest BCUT2D eigenvalue weighted by Gasteiger charge is 2.43. The Hall–Kier alpha value is -1.30. The van der Waals surface area contributed by atoms with Gasteiger partial charge in [0.15, 0.2) is 0 Å². The summed E-state index contributed by atoms with van der Waals surface area (Å²) in [6.07, 6.45) is 3.86. The standard InChI is InChI=1S/C14H25N3O3/c1-2-14(12(18)19)6-4-8-17(10-14)13(20)16-7-3-5-11(15)9-16/h11H,2-10,15H2,1H3,(H,18,19). The minimum absolute atomic E-state index is 0.0427. The van der Waals surface area contributed by atoms with Crippen molar-refractivity contribution in [1.82, 2.24) is 9.80 Å². The molecule has 0 aromatic rings. The third-order valence-electron chi connectivity index (χ3n) is 4.71. The van der Waals surface area contributed by atoms with Crippen LogP contribution in [0.25, 0.3) is 0 Å². The molecule has 0 saturated carbocycles. The quantitative estimate of drug-likeness (QED) is 0.794. The number of hydrogen-bond donors (Lipinski definition) is 2. The number of rotatable bonds is 2. The minimum atomic E-state index is -0.784. The minimum Gasteiger partial charge on any atom is -0.481 e. The van der Waals surface area contributed by atoms with Crippen molar-refractivity contribution in [3.8, 4) is 0 Å². The van der Waals surface area contributed by atoms with Crippen molar-refractivity contribution in [3.05, 3.63) is 0 Å². The molecule has 0 spiro atoms. The Morgan fingerprint density at radius 1 is 1.30 bits per heavy atom. The van der Waals surface area contributed by atoms with Gasteiger partial charge < -0.3 is 20.6 Å². The number of nitrogens with zero attached hydrogens (tertiary/aromatic N) is 2. The Morgan fingerprint density at radius 3 is 2.60 bits per heavy atom. The van der Waals surface area contributed by atoms with E-state index < -0.39 is 11.4 Å². The lowest BCUT2D eigenvalue weighted by atomic mass is 9.78. The van der Waals surface area contributed by atoms with Gasteiger partial charge in [0.25, 0.3) is 0 Å². The first-order valence-corrected chi connectivity index (χ1v) is 7.51. The topological polar surface area (TPSA) is 86.9 Å². The predicted octanol–water partition coefficient (Wildman–Crippen LogP) is 1.11. The van der Waals surface area contributed by atoms with Crippen LogP contribution in [0.1, 0.15) is 39.0 Å². The van der Waals surface area contributed by atoms with Crippen molar-refractivity contribution in [2.75, 3.05) is 26.2 Å². The zero-order chi connectivity index (χ0) is 14.8. The van der Waals surface area contributed by atoms with Crippen LogP contribution in [-0.4, -0.2) is 59.1 Å². The van der Waals surface area contributed by atoms with Gasteiger partial charge in [-0.3, -0.25) is 4.79 Å². The second-order valence-corrected chi connectivity index (χ2v) is 6.10.